The summed E-state index contributed by atoms with van der Waals surface area (Å²) in [6.07, 6.45) is -2.74. The van der Waals surface area contributed by atoms with Crippen LogP contribution in [0.5, 0.6) is 5.75 Å². The third kappa shape index (κ3) is 4.96. The number of allylic oxidation sites excluding steroid dienone is 1. The van der Waals surface area contributed by atoms with Gasteiger partial charge in [0.2, 0.25) is 0 Å². The summed E-state index contributed by atoms with van der Waals surface area (Å²) in [6, 6.07) is 2.22. The molecule has 0 amide bonds. The molecule has 2 rings (SSSR count). The molecule has 0 saturated carbocycles. The van der Waals surface area contributed by atoms with E-state index < -0.39 is 23.8 Å². The Morgan fingerprint density at radius 3 is 2.59 bits per heavy atom. The molecule has 0 radical (unpaired) electrons. The van der Waals surface area contributed by atoms with Crippen LogP contribution in [0, 0.1) is 0 Å². The molecule has 0 unspecified atom stereocenters. The summed E-state index contributed by atoms with van der Waals surface area (Å²) in [5, 5.41) is 20.6. The van der Waals surface area contributed by atoms with Crippen LogP contribution >= 0.6 is 12.2 Å². The normalized spacial score (nSPS) is 17.0. The van der Waals surface area contributed by atoms with Gasteiger partial charge in [-0.15, -0.1) is 0 Å². The maximum absolute atomic E-state index is 13.4. The van der Waals surface area contributed by atoms with Crippen molar-refractivity contribution in [2.75, 3.05) is 13.2 Å². The quantitative estimate of drug-likeness (QED) is 0.427. The van der Waals surface area contributed by atoms with Crippen LogP contribution in [0.25, 0.3) is 0 Å². The number of hydrogen-bond acceptors (Lipinski definition) is 5. The number of carboxylic acids is 1. The molecule has 1 aromatic rings. The maximum Gasteiger partial charge on any atom is 0.419 e. The van der Waals surface area contributed by atoms with E-state index in [0.29, 0.717) is 11.6 Å². The molecular weight excluding hydrogens is 385 g/mol. The molecule has 1 saturated heterocycles. The van der Waals surface area contributed by atoms with Gasteiger partial charge in [0.25, 0.3) is 0 Å². The lowest BCUT2D eigenvalue weighted by atomic mass is 10.1. The number of nitrogens with zero attached hydrogens (tertiary/aromatic N) is 2. The van der Waals surface area contributed by atoms with Gasteiger partial charge in [0, 0.05) is 12.1 Å². The van der Waals surface area contributed by atoms with Gasteiger partial charge in [-0.1, -0.05) is 17.8 Å². The number of hydrazine groups is 1. The minimum absolute atomic E-state index is 0.0185. The predicted octanol–water partition coefficient (Wildman–Crippen LogP) is 3.49. The van der Waals surface area contributed by atoms with Crippen LogP contribution in [0.15, 0.2) is 29.8 Å². The van der Waals surface area contributed by atoms with E-state index in [1.165, 1.54) is 6.07 Å². The number of halogens is 3. The number of carboxylic acid groups (broad SMARTS) is 1. The summed E-state index contributed by atoms with van der Waals surface area (Å²) >= 11 is 5.03. The van der Waals surface area contributed by atoms with E-state index in [0.717, 1.165) is 22.7 Å². The van der Waals surface area contributed by atoms with Gasteiger partial charge in [0.1, 0.15) is 18.4 Å². The number of benzene rings is 1. The topological polar surface area (TPSA) is 73.2 Å². The molecule has 0 aromatic heterocycles. The fourth-order valence-electron chi connectivity index (χ4n) is 2.39. The van der Waals surface area contributed by atoms with E-state index in [4.69, 9.17) is 22.1 Å². The molecule has 0 aliphatic carbocycles. The molecule has 148 valence electrons. The number of carbonyl (C=O) groups is 1. The van der Waals surface area contributed by atoms with Gasteiger partial charge < -0.3 is 9.84 Å². The van der Waals surface area contributed by atoms with E-state index in [1.54, 1.807) is 19.9 Å². The van der Waals surface area contributed by atoms with E-state index >= 15 is 0 Å². The van der Waals surface area contributed by atoms with Gasteiger partial charge in [-0.2, -0.15) is 23.4 Å². The minimum atomic E-state index is -4.69. The molecule has 0 spiro atoms. The summed E-state index contributed by atoms with van der Waals surface area (Å²) in [7, 11) is 0. The lowest BCUT2D eigenvalue weighted by Crippen LogP contribution is -2.60. The molecule has 1 aliphatic heterocycles. The number of aliphatic carboxylic acids is 1. The first-order chi connectivity index (χ1) is 12.5. The second-order valence-electron chi connectivity index (χ2n) is 6.20. The number of thiocarbonyl (C=S) groups is 1. The Morgan fingerprint density at radius 2 is 2.11 bits per heavy atom. The van der Waals surface area contributed by atoms with E-state index in [9.17, 15) is 23.2 Å². The summed E-state index contributed by atoms with van der Waals surface area (Å²) in [4.78, 5) is 10.7. The van der Waals surface area contributed by atoms with Crippen LogP contribution in [0.2, 0.25) is 0 Å². The Balaban J connectivity index is 2.25. The van der Waals surface area contributed by atoms with Gasteiger partial charge in [0.05, 0.1) is 5.56 Å². The third-order valence-corrected chi connectivity index (χ3v) is 4.36. The highest BCUT2D eigenvalue weighted by Gasteiger charge is 2.40. The molecule has 2 N–H and O–H groups in total. The molecule has 0 bridgehead atoms. The molecule has 1 heterocycles. The predicted molar refractivity (Wildman–Crippen MR) is 94.4 cm³/mol. The van der Waals surface area contributed by atoms with E-state index in [-0.39, 0.29) is 29.5 Å². The van der Waals surface area contributed by atoms with Crippen LogP contribution in [0.3, 0.4) is 0 Å². The summed E-state index contributed by atoms with van der Waals surface area (Å²) < 4.78 is 45.3. The van der Waals surface area contributed by atoms with Crippen LogP contribution in [-0.4, -0.2) is 50.6 Å². The zero-order valence-corrected chi connectivity index (χ0v) is 15.5. The van der Waals surface area contributed by atoms with Gasteiger partial charge in [-0.3, -0.25) is 10.0 Å². The van der Waals surface area contributed by atoms with Crippen molar-refractivity contribution >= 4 is 23.2 Å². The van der Waals surface area contributed by atoms with Crippen LogP contribution in [-0.2, 0) is 11.0 Å². The average molecular weight is 404 g/mol. The fourth-order valence-corrected chi connectivity index (χ4v) is 2.62. The van der Waals surface area contributed by atoms with Gasteiger partial charge in [0.15, 0.2) is 4.99 Å². The first-order valence-corrected chi connectivity index (χ1v) is 8.43. The van der Waals surface area contributed by atoms with Crippen molar-refractivity contribution in [1.29, 1.82) is 0 Å². The van der Waals surface area contributed by atoms with Crippen molar-refractivity contribution in [3.8, 4) is 5.75 Å². The average Bonchev–Trinajstić information content (AvgIpc) is 2.51. The molecule has 27 heavy (non-hydrogen) atoms. The Hall–Kier alpha value is -2.17. The molecule has 1 fully saturated rings. The van der Waals surface area contributed by atoms with E-state index in [2.05, 4.69) is 0 Å². The largest absolute Gasteiger partial charge is 0.489 e. The highest BCUT2D eigenvalue weighted by atomic mass is 32.1. The molecule has 1 aliphatic rings. The highest BCUT2D eigenvalue weighted by Crippen LogP contribution is 2.37. The Kier molecular flexibility index (Phi) is 6.45. The Bertz CT molecular complexity index is 763. The van der Waals surface area contributed by atoms with E-state index in [1.807, 2.05) is 0 Å². The van der Waals surface area contributed by atoms with Crippen molar-refractivity contribution in [3.05, 3.63) is 41.0 Å². The van der Waals surface area contributed by atoms with Crippen molar-refractivity contribution in [3.63, 3.8) is 0 Å². The van der Waals surface area contributed by atoms with Crippen molar-refractivity contribution in [2.45, 2.75) is 32.5 Å². The third-order valence-electron chi connectivity index (χ3n) is 3.96. The first-order valence-electron chi connectivity index (χ1n) is 8.02. The van der Waals surface area contributed by atoms with Crippen molar-refractivity contribution < 1.29 is 33.0 Å². The summed E-state index contributed by atoms with van der Waals surface area (Å²) in [5.41, 5.74) is -0.207. The van der Waals surface area contributed by atoms with Crippen molar-refractivity contribution in [2.24, 2.45) is 0 Å². The molecule has 6 nitrogen and oxygen atoms in total. The summed E-state index contributed by atoms with van der Waals surface area (Å²) in [6.45, 7) is 3.80. The standard InChI is InChI=1S/C17H19F3N2O4S/c1-10(2)6-8-26-14-4-3-11(9-12(14)17(18,19)20)15(27)22(25)21-7-5-13(21)16(23)24/h3-4,6,9,13,25H,5,7-8H2,1-2H3,(H,23,24)/t13-/m1/s1. The second-order valence-corrected chi connectivity index (χ2v) is 6.59. The first kappa shape index (κ1) is 21.1. The Labute approximate surface area is 159 Å². The highest BCUT2D eigenvalue weighted by molar-refractivity contribution is 7.80. The van der Waals surface area contributed by atoms with Crippen molar-refractivity contribution in [1.82, 2.24) is 10.2 Å². The molecule has 1 aromatic carbocycles. The lowest BCUT2D eigenvalue weighted by Gasteiger charge is -2.42. The molecular formula is C17H19F3N2O4S. The molecule has 1 atom stereocenters. The number of hydroxylamine groups is 1. The number of ether oxygens (including phenoxy) is 1. The minimum Gasteiger partial charge on any atom is -0.489 e. The van der Waals surface area contributed by atoms with Crippen LogP contribution in [0.1, 0.15) is 31.4 Å². The lowest BCUT2D eigenvalue weighted by molar-refractivity contribution is -0.236. The second kappa shape index (κ2) is 8.24. The number of alkyl halides is 3. The van der Waals surface area contributed by atoms with Crippen LogP contribution in [0.4, 0.5) is 13.2 Å². The van der Waals surface area contributed by atoms with Crippen LogP contribution < -0.4 is 4.74 Å². The number of hydrogen-bond donors (Lipinski definition) is 2. The fraction of sp³-hybridized carbons (Fsp3) is 0.412. The monoisotopic (exact) mass is 404 g/mol. The summed E-state index contributed by atoms with van der Waals surface area (Å²) in [5.74, 6) is -1.51. The number of rotatable bonds is 6. The SMILES string of the molecule is CC(C)=CCOc1ccc(C(=S)N(O)N2CC[C@@H]2C(=O)O)cc1C(F)(F)F. The smallest absolute Gasteiger partial charge is 0.419 e. The maximum atomic E-state index is 13.4. The Morgan fingerprint density at radius 1 is 1.44 bits per heavy atom. The molecule has 10 heteroatoms. The van der Waals surface area contributed by atoms with Gasteiger partial charge >= 0.3 is 12.1 Å². The van der Waals surface area contributed by atoms with Gasteiger partial charge in [-0.25, -0.2) is 0 Å². The zero-order chi connectivity index (χ0) is 20.4. The zero-order valence-electron chi connectivity index (χ0n) is 14.7. The van der Waals surface area contributed by atoms with Gasteiger partial charge in [-0.05, 0) is 44.5 Å².